The van der Waals surface area contributed by atoms with E-state index in [0.717, 1.165) is 0 Å². The van der Waals surface area contributed by atoms with Gasteiger partial charge in [-0.3, -0.25) is 10.1 Å². The SMILES string of the molecule is COCCOCC(=O)Nc1nc(OC)n[nH]1. The number of methoxy groups -OCH3 is 2. The summed E-state index contributed by atoms with van der Waals surface area (Å²) in [5, 5.41) is 8.61. The van der Waals surface area contributed by atoms with Crippen LogP contribution in [0.3, 0.4) is 0 Å². The highest BCUT2D eigenvalue weighted by Gasteiger charge is 2.06. The van der Waals surface area contributed by atoms with Crippen LogP contribution in [0, 0.1) is 0 Å². The highest BCUT2D eigenvalue weighted by atomic mass is 16.5. The summed E-state index contributed by atoms with van der Waals surface area (Å²) in [5.74, 6) is -0.105. The minimum absolute atomic E-state index is 0.0631. The quantitative estimate of drug-likeness (QED) is 0.608. The summed E-state index contributed by atoms with van der Waals surface area (Å²) in [6, 6.07) is 0.163. The Hall–Kier alpha value is -1.67. The van der Waals surface area contributed by atoms with Gasteiger partial charge in [-0.15, -0.1) is 5.10 Å². The van der Waals surface area contributed by atoms with Crippen molar-refractivity contribution in [2.24, 2.45) is 0 Å². The molecule has 0 aliphatic heterocycles. The fourth-order valence-corrected chi connectivity index (χ4v) is 0.869. The topological polar surface area (TPSA) is 98.4 Å². The highest BCUT2D eigenvalue weighted by Crippen LogP contribution is 2.03. The third kappa shape index (κ3) is 4.24. The molecule has 1 rings (SSSR count). The Morgan fingerprint density at radius 3 is 2.88 bits per heavy atom. The van der Waals surface area contributed by atoms with Gasteiger partial charge in [-0.25, -0.2) is 5.10 Å². The molecule has 1 aromatic heterocycles. The number of hydrogen-bond donors (Lipinski definition) is 2. The second kappa shape index (κ2) is 6.75. The maximum atomic E-state index is 11.3. The van der Waals surface area contributed by atoms with E-state index in [9.17, 15) is 4.79 Å². The molecule has 0 unspecified atom stereocenters. The zero-order valence-corrected chi connectivity index (χ0v) is 9.15. The van der Waals surface area contributed by atoms with Crippen LogP contribution in [-0.4, -0.2) is 55.1 Å². The molecule has 0 bridgehead atoms. The molecule has 8 nitrogen and oxygen atoms in total. The second-order valence-electron chi connectivity index (χ2n) is 2.76. The summed E-state index contributed by atoms with van der Waals surface area (Å²) in [4.78, 5) is 15.1. The third-order valence-corrected chi connectivity index (χ3v) is 1.57. The van der Waals surface area contributed by atoms with E-state index in [0.29, 0.717) is 13.2 Å². The van der Waals surface area contributed by atoms with Crippen molar-refractivity contribution in [1.29, 1.82) is 0 Å². The molecule has 0 spiro atoms. The molecule has 1 heterocycles. The molecule has 90 valence electrons. The van der Waals surface area contributed by atoms with Crippen LogP contribution in [-0.2, 0) is 14.3 Å². The summed E-state index contributed by atoms with van der Waals surface area (Å²) in [7, 11) is 2.99. The van der Waals surface area contributed by atoms with E-state index in [1.165, 1.54) is 7.11 Å². The van der Waals surface area contributed by atoms with Gasteiger partial charge in [0.2, 0.25) is 5.95 Å². The van der Waals surface area contributed by atoms with Crippen molar-refractivity contribution in [2.75, 3.05) is 39.4 Å². The van der Waals surface area contributed by atoms with Crippen LogP contribution in [0.25, 0.3) is 0 Å². The molecule has 0 saturated heterocycles. The van der Waals surface area contributed by atoms with E-state index in [1.54, 1.807) is 7.11 Å². The first-order chi connectivity index (χ1) is 7.76. The van der Waals surface area contributed by atoms with Gasteiger partial charge in [0, 0.05) is 7.11 Å². The molecule has 0 radical (unpaired) electrons. The molecule has 0 aliphatic rings. The van der Waals surface area contributed by atoms with Crippen molar-refractivity contribution in [1.82, 2.24) is 15.2 Å². The van der Waals surface area contributed by atoms with Crippen molar-refractivity contribution in [3.8, 4) is 6.01 Å². The number of anilines is 1. The number of aromatic amines is 1. The van der Waals surface area contributed by atoms with Gasteiger partial charge in [0.15, 0.2) is 0 Å². The molecular formula is C8H14N4O4. The van der Waals surface area contributed by atoms with Crippen molar-refractivity contribution >= 4 is 11.9 Å². The van der Waals surface area contributed by atoms with Gasteiger partial charge in [0.1, 0.15) is 6.61 Å². The fourth-order valence-electron chi connectivity index (χ4n) is 0.869. The first-order valence-electron chi connectivity index (χ1n) is 4.59. The average Bonchev–Trinajstić information content (AvgIpc) is 2.72. The molecule has 0 aliphatic carbocycles. The third-order valence-electron chi connectivity index (χ3n) is 1.57. The second-order valence-corrected chi connectivity index (χ2v) is 2.76. The van der Waals surface area contributed by atoms with Crippen LogP contribution in [0.1, 0.15) is 0 Å². The Morgan fingerprint density at radius 1 is 1.44 bits per heavy atom. The molecule has 2 N–H and O–H groups in total. The van der Waals surface area contributed by atoms with Gasteiger partial charge in [0.25, 0.3) is 5.91 Å². The minimum atomic E-state index is -0.324. The van der Waals surface area contributed by atoms with Gasteiger partial charge in [0.05, 0.1) is 20.3 Å². The number of amides is 1. The number of rotatable bonds is 7. The molecule has 1 aromatic rings. The van der Waals surface area contributed by atoms with Crippen LogP contribution in [0.4, 0.5) is 5.95 Å². The zero-order valence-electron chi connectivity index (χ0n) is 9.15. The van der Waals surface area contributed by atoms with Crippen molar-refractivity contribution in [3.63, 3.8) is 0 Å². The van der Waals surface area contributed by atoms with Crippen LogP contribution >= 0.6 is 0 Å². The van der Waals surface area contributed by atoms with Crippen LogP contribution in [0.15, 0.2) is 0 Å². The largest absolute Gasteiger partial charge is 0.466 e. The molecule has 0 saturated carbocycles. The smallest absolute Gasteiger partial charge is 0.336 e. The monoisotopic (exact) mass is 230 g/mol. The molecular weight excluding hydrogens is 216 g/mol. The van der Waals surface area contributed by atoms with E-state index in [2.05, 4.69) is 20.5 Å². The summed E-state index contributed by atoms with van der Waals surface area (Å²) in [6.45, 7) is 0.749. The number of nitrogens with one attached hydrogen (secondary N) is 2. The standard InChI is InChI=1S/C8H14N4O4/c1-14-3-4-16-5-6(13)9-7-10-8(15-2)12-11-7/h3-5H2,1-2H3,(H2,9,10,11,12,13). The van der Waals surface area contributed by atoms with Crippen LogP contribution < -0.4 is 10.1 Å². The van der Waals surface area contributed by atoms with Gasteiger partial charge >= 0.3 is 6.01 Å². The average molecular weight is 230 g/mol. The van der Waals surface area contributed by atoms with Crippen LogP contribution in [0.2, 0.25) is 0 Å². The molecule has 0 atom stereocenters. The summed E-state index contributed by atoms with van der Waals surface area (Å²) >= 11 is 0. The van der Waals surface area contributed by atoms with E-state index in [4.69, 9.17) is 14.2 Å². The lowest BCUT2D eigenvalue weighted by Gasteiger charge is -2.02. The number of H-pyrrole nitrogens is 1. The number of hydrogen-bond acceptors (Lipinski definition) is 6. The summed E-state index contributed by atoms with van der Waals surface area (Å²) < 4.78 is 14.5. The van der Waals surface area contributed by atoms with Gasteiger partial charge in [-0.2, -0.15) is 4.98 Å². The molecule has 0 fully saturated rings. The van der Waals surface area contributed by atoms with E-state index >= 15 is 0 Å². The zero-order chi connectivity index (χ0) is 11.8. The number of aromatic nitrogens is 3. The summed E-state index contributed by atoms with van der Waals surface area (Å²) in [5.41, 5.74) is 0. The fraction of sp³-hybridized carbons (Fsp3) is 0.625. The molecule has 8 heteroatoms. The van der Waals surface area contributed by atoms with E-state index in [-0.39, 0.29) is 24.5 Å². The lowest BCUT2D eigenvalue weighted by atomic mass is 10.6. The van der Waals surface area contributed by atoms with Gasteiger partial charge in [-0.1, -0.05) is 0 Å². The minimum Gasteiger partial charge on any atom is -0.466 e. The summed E-state index contributed by atoms with van der Waals surface area (Å²) in [6.07, 6.45) is 0. The lowest BCUT2D eigenvalue weighted by molar-refractivity contribution is -0.121. The van der Waals surface area contributed by atoms with Crippen molar-refractivity contribution < 1.29 is 19.0 Å². The number of carbonyl (C=O) groups excluding carboxylic acids is 1. The Kier molecular flexibility index (Phi) is 5.23. The maximum absolute atomic E-state index is 11.3. The Bertz CT molecular complexity index is 328. The molecule has 1 amide bonds. The van der Waals surface area contributed by atoms with Crippen molar-refractivity contribution in [2.45, 2.75) is 0 Å². The Labute approximate surface area is 92.3 Å². The number of nitrogens with zero attached hydrogens (tertiary/aromatic N) is 2. The van der Waals surface area contributed by atoms with Crippen LogP contribution in [0.5, 0.6) is 6.01 Å². The highest BCUT2D eigenvalue weighted by molar-refractivity contribution is 5.89. The number of carbonyl (C=O) groups is 1. The predicted molar refractivity (Wildman–Crippen MR) is 54.3 cm³/mol. The molecule has 0 aromatic carbocycles. The first kappa shape index (κ1) is 12.4. The van der Waals surface area contributed by atoms with Gasteiger partial charge < -0.3 is 14.2 Å². The van der Waals surface area contributed by atoms with E-state index < -0.39 is 0 Å². The van der Waals surface area contributed by atoms with E-state index in [1.807, 2.05) is 0 Å². The Balaban J connectivity index is 2.23. The lowest BCUT2D eigenvalue weighted by Crippen LogP contribution is -2.20. The normalized spacial score (nSPS) is 10.1. The van der Waals surface area contributed by atoms with Gasteiger partial charge in [-0.05, 0) is 0 Å². The maximum Gasteiger partial charge on any atom is 0.336 e. The Morgan fingerprint density at radius 2 is 2.25 bits per heavy atom. The van der Waals surface area contributed by atoms with Crippen molar-refractivity contribution in [3.05, 3.63) is 0 Å². The molecule has 16 heavy (non-hydrogen) atoms. The first-order valence-corrected chi connectivity index (χ1v) is 4.59. The predicted octanol–water partition coefficient (Wildman–Crippen LogP) is -0.585. The number of ether oxygens (including phenoxy) is 3.